The summed E-state index contributed by atoms with van der Waals surface area (Å²) >= 11 is 22.1. The van der Waals surface area contributed by atoms with Crippen LogP contribution >= 0.6 is 44.3 Å². The van der Waals surface area contributed by atoms with E-state index < -0.39 is 5.31 Å². The molecule has 0 aliphatic carbocycles. The van der Waals surface area contributed by atoms with E-state index in [0.717, 1.165) is 0 Å². The fourth-order valence-electron chi connectivity index (χ4n) is 0.354. The van der Waals surface area contributed by atoms with Gasteiger partial charge in [0.2, 0.25) is 0 Å². The van der Waals surface area contributed by atoms with Crippen molar-refractivity contribution >= 4 is 67.3 Å². The van der Waals surface area contributed by atoms with Crippen LogP contribution in [0.5, 0.6) is 0 Å². The third-order valence-corrected chi connectivity index (χ3v) is 0.707. The van der Waals surface area contributed by atoms with Gasteiger partial charge < -0.3 is 0 Å². The summed E-state index contributed by atoms with van der Waals surface area (Å²) < 4.78 is 0. The number of halogens is 4. The van der Waals surface area contributed by atoms with Crippen molar-refractivity contribution in [2.45, 2.75) is 24.9 Å². The molecule has 0 N–H and O–H groups in total. The number of rotatable bonds is 2. The first kappa shape index (κ1) is 14.5. The van der Waals surface area contributed by atoms with Crippen molar-refractivity contribution < 1.29 is 0 Å². The zero-order chi connectivity index (χ0) is 8.62. The topological polar surface area (TPSA) is 0 Å². The van der Waals surface area contributed by atoms with Crippen molar-refractivity contribution in [3.8, 4) is 0 Å². The van der Waals surface area contributed by atoms with Gasteiger partial charge >= 0.3 is 47.9 Å². The van der Waals surface area contributed by atoms with Gasteiger partial charge in [-0.1, -0.05) is 0 Å². The quantitative estimate of drug-likeness (QED) is 0.504. The van der Waals surface area contributed by atoms with Crippen LogP contribution in [-0.2, 0) is 0 Å². The molecule has 0 fully saturated rings. The minimum atomic E-state index is -2.72. The molecule has 0 saturated carbocycles. The van der Waals surface area contributed by atoms with Crippen LogP contribution in [0.3, 0.4) is 0 Å². The van der Waals surface area contributed by atoms with E-state index in [1.807, 2.05) is 0 Å². The molecule has 0 aliphatic rings. The van der Waals surface area contributed by atoms with E-state index in [2.05, 4.69) is 24.6 Å². The summed E-state index contributed by atoms with van der Waals surface area (Å²) in [6.07, 6.45) is 2.73. The second kappa shape index (κ2) is 9.07. The molecule has 0 unspecified atom stereocenters. The summed E-state index contributed by atoms with van der Waals surface area (Å²) in [4.78, 5) is 0. The van der Waals surface area contributed by atoms with Crippen molar-refractivity contribution in [3.63, 3.8) is 0 Å². The first-order valence-electron chi connectivity index (χ1n) is 3.17. The Balaban J connectivity index is 0. The van der Waals surface area contributed by atoms with Gasteiger partial charge in [0.05, 0.1) is 0 Å². The van der Waals surface area contributed by atoms with Crippen molar-refractivity contribution in [1.29, 1.82) is 0 Å². The zero-order valence-electron chi connectivity index (χ0n) is 6.13. The first-order chi connectivity index (χ1) is 4.41. The maximum absolute atomic E-state index is 4.97. The van der Waals surface area contributed by atoms with E-state index in [0.29, 0.717) is 0 Å². The summed E-state index contributed by atoms with van der Waals surface area (Å²) in [5.74, 6) is 0. The molecule has 6 heteroatoms. The predicted octanol–water partition coefficient (Wildman–Crippen LogP) is 3.75. The molecular weight excluding hydrogens is 225 g/mol. The van der Waals surface area contributed by atoms with E-state index in [1.54, 1.807) is 0 Å². The van der Waals surface area contributed by atoms with Crippen LogP contribution in [0.2, 0.25) is 5.09 Å². The normalized spacial score (nSPS) is 10.3. The van der Waals surface area contributed by atoms with Gasteiger partial charge in [-0.05, 0) is 0 Å². The Kier molecular flexibility index (Phi) is 13.1. The van der Waals surface area contributed by atoms with E-state index in [-0.39, 0.29) is 0 Å². The fourth-order valence-corrected chi connectivity index (χ4v) is 0.354. The first-order valence-corrected chi connectivity index (χ1v) is 9.22. The molecule has 58 valence electrons. The van der Waals surface area contributed by atoms with Crippen molar-refractivity contribution in [1.82, 2.24) is 0 Å². The van der Waals surface area contributed by atoms with Gasteiger partial charge in [-0.2, -0.15) is 0 Å². The molecule has 0 rings (SSSR count). The average Bonchev–Trinajstić information content (AvgIpc) is 1.63. The molecule has 0 nitrogen and oxygen atoms in total. The van der Waals surface area contributed by atoms with Crippen LogP contribution < -0.4 is 0 Å². The molecule has 0 aromatic rings. The second-order valence-corrected chi connectivity index (χ2v) is 12.9. The van der Waals surface area contributed by atoms with Crippen LogP contribution in [0.15, 0.2) is 0 Å². The van der Waals surface area contributed by atoms with Crippen molar-refractivity contribution in [3.05, 3.63) is 0 Å². The number of hydrogen-bond donors (Lipinski definition) is 0. The molecule has 0 aromatic heterocycles. The van der Waals surface area contributed by atoms with Crippen LogP contribution in [-0.4, -0.2) is 23.0 Å². The third-order valence-electron chi connectivity index (χ3n) is 0.707. The Morgan fingerprint density at radius 3 is 1.50 bits per heavy atom. The Labute approximate surface area is 91.6 Å². The molecular formula is C4H9Cl4LiSi. The molecule has 0 amide bonds. The van der Waals surface area contributed by atoms with E-state index in [4.69, 9.17) is 44.3 Å². The third kappa shape index (κ3) is 50.9. The molecule has 0 heterocycles. The van der Waals surface area contributed by atoms with Gasteiger partial charge in [-0.3, -0.25) is 0 Å². The van der Waals surface area contributed by atoms with Gasteiger partial charge in [-0.15, -0.1) is 44.3 Å². The van der Waals surface area contributed by atoms with Gasteiger partial charge in [0.25, 0.3) is 0 Å². The van der Waals surface area contributed by atoms with E-state index in [9.17, 15) is 0 Å². The van der Waals surface area contributed by atoms with Gasteiger partial charge in [0, 0.05) is 0 Å². The number of unbranched alkanes of at least 4 members (excludes halogenated alkanes) is 1. The van der Waals surface area contributed by atoms with Crippen LogP contribution in [0.4, 0.5) is 0 Å². The molecule has 0 aliphatic heterocycles. The molecule has 0 saturated heterocycles. The SMILES string of the molecule is Cl[Si](Cl)(Cl)Cl.[Li][CH2]CCC. The summed E-state index contributed by atoms with van der Waals surface area (Å²) in [5.41, 5.74) is 0. The average molecular weight is 234 g/mol. The Bertz CT molecular complexity index is 56.8. The number of hydrogen-bond acceptors (Lipinski definition) is 0. The monoisotopic (exact) mass is 232 g/mol. The maximum atomic E-state index is 4.97. The van der Waals surface area contributed by atoms with Crippen LogP contribution in [0, 0.1) is 0 Å². The minimum absolute atomic E-state index is 1.34. The standard InChI is InChI=1S/C4H9.Cl4Si.Li/c1-3-4-2;1-5(2,3)4;/h1,3-4H2,2H3;;. The fraction of sp³-hybridized carbons (Fsp3) is 1.00. The van der Waals surface area contributed by atoms with Crippen molar-refractivity contribution in [2.75, 3.05) is 0 Å². The zero-order valence-corrected chi connectivity index (χ0v) is 10.2. The Morgan fingerprint density at radius 2 is 1.50 bits per heavy atom. The summed E-state index contributed by atoms with van der Waals surface area (Å²) in [5, 5.41) is -1.38. The summed E-state index contributed by atoms with van der Waals surface area (Å²) in [6.45, 7) is 2.21. The van der Waals surface area contributed by atoms with Crippen LogP contribution in [0.25, 0.3) is 0 Å². The van der Waals surface area contributed by atoms with Gasteiger partial charge in [0.15, 0.2) is 0 Å². The van der Waals surface area contributed by atoms with Gasteiger partial charge in [-0.25, -0.2) is 0 Å². The molecule has 0 spiro atoms. The Morgan fingerprint density at radius 1 is 1.20 bits per heavy atom. The molecule has 0 aromatic carbocycles. The molecule has 10 heavy (non-hydrogen) atoms. The van der Waals surface area contributed by atoms with E-state index in [1.165, 1.54) is 17.9 Å². The van der Waals surface area contributed by atoms with Crippen molar-refractivity contribution in [2.24, 2.45) is 0 Å². The second-order valence-electron chi connectivity index (χ2n) is 1.78. The summed E-state index contributed by atoms with van der Waals surface area (Å²) in [7, 11) is 0. The molecule has 0 radical (unpaired) electrons. The van der Waals surface area contributed by atoms with Crippen LogP contribution in [0.1, 0.15) is 19.8 Å². The Hall–Kier alpha value is 1.97. The molecule has 0 bridgehead atoms. The van der Waals surface area contributed by atoms with E-state index >= 15 is 0 Å². The summed E-state index contributed by atoms with van der Waals surface area (Å²) in [6, 6.07) is 0. The molecule has 0 atom stereocenters. The van der Waals surface area contributed by atoms with Gasteiger partial charge in [0.1, 0.15) is 0 Å². The predicted molar refractivity (Wildman–Crippen MR) is 54.6 cm³/mol.